The van der Waals surface area contributed by atoms with Crippen LogP contribution in [-0.2, 0) is 55.6 Å². The fourth-order valence-electron chi connectivity index (χ4n) is 10.2. The maximum absolute atomic E-state index is 7.24. The van der Waals surface area contributed by atoms with E-state index in [1.807, 2.05) is 24.3 Å². The monoisotopic (exact) mass is 1330 g/mol. The van der Waals surface area contributed by atoms with E-state index in [4.69, 9.17) is 12.8 Å². The topological polar surface area (TPSA) is 0 Å². The van der Waals surface area contributed by atoms with Gasteiger partial charge < -0.3 is 12.8 Å². The maximum Gasteiger partial charge on any atom is 1.00 e. The van der Waals surface area contributed by atoms with Crippen LogP contribution in [0, 0.1) is 24.7 Å². The predicted molar refractivity (Wildman–Crippen MR) is 307 cm³/mol. The number of allylic oxidation sites excluding steroid dienone is 4. The number of benzene rings is 9. The van der Waals surface area contributed by atoms with E-state index in [9.17, 15) is 0 Å². The van der Waals surface area contributed by atoms with Gasteiger partial charge in [-0.2, -0.15) is 0 Å². The van der Waals surface area contributed by atoms with E-state index in [1.54, 1.807) is 0 Å². The Hall–Kier alpha value is -6.08. The standard InChI is InChI=1S/C34H28P2.2C17H13.2Au/c1-2-3-4-16-25-35(30-19-8-5-9-20-30)33-26-28-17-14-15-18-29(28)27-34(33)36(31-21-10-6-11-22-31)32-23-12-7-13-24-32;2*1-4-12-9-10-16-14(11-12)13-7-5-6-8-15(13)17(16,2)3;;/h2-27H,1H2;2*5-11H,2-3H3;;/q;2*-1;2*+1/p+2/b4-3-,25-16+;;;;. The molecule has 4 heteroatoms. The molecule has 0 spiro atoms. The zero-order chi connectivity index (χ0) is 48.7. The largest absolute Gasteiger partial charge is 1.00 e. The van der Waals surface area contributed by atoms with Gasteiger partial charge in [0.1, 0.15) is 34.4 Å². The van der Waals surface area contributed by atoms with E-state index in [0.717, 1.165) is 11.1 Å². The maximum atomic E-state index is 7.24. The molecular weight excluding hydrogens is 1270 g/mol. The molecule has 0 saturated carbocycles. The van der Waals surface area contributed by atoms with Crippen molar-refractivity contribution in [1.29, 1.82) is 0 Å². The fraction of sp³-hybridized carbons (Fsp3) is 0.0882. The van der Waals surface area contributed by atoms with Gasteiger partial charge in [0.05, 0.1) is 13.7 Å². The Labute approximate surface area is 462 Å². The van der Waals surface area contributed by atoms with Gasteiger partial charge in [0, 0.05) is 10.8 Å². The van der Waals surface area contributed by atoms with Crippen molar-refractivity contribution in [2.75, 3.05) is 0 Å². The third-order valence-corrected chi connectivity index (χ3v) is 19.2. The molecule has 9 aromatic carbocycles. The van der Waals surface area contributed by atoms with Crippen molar-refractivity contribution < 1.29 is 44.8 Å². The van der Waals surface area contributed by atoms with Crippen molar-refractivity contribution in [3.8, 4) is 34.1 Å². The third-order valence-electron chi connectivity index (χ3n) is 13.7. The molecule has 2 aliphatic rings. The Bertz CT molecular complexity index is 3330. The number of hydrogen-bond acceptors (Lipinski definition) is 0. The van der Waals surface area contributed by atoms with Gasteiger partial charge in [0.25, 0.3) is 0 Å². The van der Waals surface area contributed by atoms with Crippen molar-refractivity contribution in [3.63, 3.8) is 0 Å². The van der Waals surface area contributed by atoms with Crippen LogP contribution in [0.15, 0.2) is 249 Å². The van der Waals surface area contributed by atoms with Gasteiger partial charge in [-0.05, 0) is 110 Å². The van der Waals surface area contributed by atoms with Gasteiger partial charge in [-0.15, -0.1) is 35.4 Å². The summed E-state index contributed by atoms with van der Waals surface area (Å²) >= 11 is 0. The minimum Gasteiger partial charge on any atom is -0.366 e. The average molecular weight is 1330 g/mol. The van der Waals surface area contributed by atoms with Crippen molar-refractivity contribution in [2.45, 2.75) is 38.5 Å². The molecule has 72 heavy (non-hydrogen) atoms. The van der Waals surface area contributed by atoms with E-state index in [0.29, 0.717) is 0 Å². The van der Waals surface area contributed by atoms with Gasteiger partial charge in [-0.3, -0.25) is 11.8 Å². The van der Waals surface area contributed by atoms with Crippen LogP contribution >= 0.6 is 15.8 Å². The molecule has 0 radical (unpaired) electrons. The Morgan fingerprint density at radius 2 is 0.792 bits per heavy atom. The summed E-state index contributed by atoms with van der Waals surface area (Å²) < 4.78 is 0. The van der Waals surface area contributed by atoms with Crippen LogP contribution in [0.5, 0.6) is 0 Å². The molecule has 0 heterocycles. The molecule has 0 N–H and O–H groups in total. The third kappa shape index (κ3) is 11.1. The summed E-state index contributed by atoms with van der Waals surface area (Å²) in [6.07, 6.45) is 22.6. The molecule has 0 aliphatic heterocycles. The SMILES string of the molecule is C=C/C=C\C=C\[PH+](c1ccccc1)c1cc2ccccc2cc1[PH+](c1ccccc1)c1ccccc1.[Au+].[Au+].[C-]#Cc1ccc2c(c1)-c1ccccc1C2(C)C.[C-]#Cc1ccc2c(c1)-c1ccccc1C2(C)C. The molecule has 0 nitrogen and oxygen atoms in total. The first-order chi connectivity index (χ1) is 34.1. The van der Waals surface area contributed by atoms with Crippen molar-refractivity contribution in [1.82, 2.24) is 0 Å². The summed E-state index contributed by atoms with van der Waals surface area (Å²) in [4.78, 5) is 0. The van der Waals surface area contributed by atoms with Crippen LogP contribution in [0.4, 0.5) is 0 Å². The molecule has 0 amide bonds. The molecule has 0 saturated heterocycles. The number of fused-ring (bicyclic) bond motifs is 7. The van der Waals surface area contributed by atoms with Crippen LogP contribution in [0.3, 0.4) is 0 Å². The fourth-order valence-corrected chi connectivity index (χ4v) is 15.8. The van der Waals surface area contributed by atoms with Crippen LogP contribution in [0.25, 0.3) is 33.0 Å². The van der Waals surface area contributed by atoms with Crippen LogP contribution in [0.2, 0.25) is 0 Å². The van der Waals surface area contributed by atoms with Crippen LogP contribution in [0.1, 0.15) is 61.1 Å². The van der Waals surface area contributed by atoms with E-state index < -0.39 is 15.8 Å². The van der Waals surface area contributed by atoms with Gasteiger partial charge in [0.2, 0.25) is 0 Å². The second kappa shape index (κ2) is 24.1. The minimum atomic E-state index is -1.23. The van der Waals surface area contributed by atoms with Gasteiger partial charge in [-0.25, -0.2) is 0 Å². The molecule has 358 valence electrons. The second-order valence-corrected chi connectivity index (χ2v) is 23.4. The second-order valence-electron chi connectivity index (χ2n) is 18.7. The summed E-state index contributed by atoms with van der Waals surface area (Å²) in [5.41, 5.74) is 12.3. The Morgan fingerprint density at radius 3 is 1.24 bits per heavy atom. The molecule has 9 aromatic rings. The molecular formula is C68H56Au2P2+2. The minimum absolute atomic E-state index is 0. The number of rotatable bonds is 8. The van der Waals surface area contributed by atoms with Gasteiger partial charge in [0.15, 0.2) is 0 Å². The molecule has 11 rings (SSSR count). The van der Waals surface area contributed by atoms with E-state index >= 15 is 0 Å². The van der Waals surface area contributed by atoms with Gasteiger partial charge in [-0.1, -0.05) is 192 Å². The van der Waals surface area contributed by atoms with Crippen LogP contribution in [-0.4, -0.2) is 0 Å². The number of hydrogen-bond donors (Lipinski definition) is 0. The van der Waals surface area contributed by atoms with E-state index in [1.165, 1.54) is 81.8 Å². The first-order valence-electron chi connectivity index (χ1n) is 23.9. The molecule has 1 atom stereocenters. The van der Waals surface area contributed by atoms with E-state index in [-0.39, 0.29) is 55.6 Å². The summed E-state index contributed by atoms with van der Waals surface area (Å²) in [6.45, 7) is 12.8. The van der Waals surface area contributed by atoms with Crippen LogP contribution < -0.4 is 26.5 Å². The van der Waals surface area contributed by atoms with E-state index in [2.05, 4.69) is 264 Å². The molecule has 1 unspecified atom stereocenters. The normalized spacial score (nSPS) is 13.3. The zero-order valence-corrected chi connectivity index (χ0v) is 47.2. The van der Waals surface area contributed by atoms with Gasteiger partial charge >= 0.3 is 44.8 Å². The molecule has 0 bridgehead atoms. The summed E-state index contributed by atoms with van der Waals surface area (Å²) in [5.74, 6) is 7.35. The smallest absolute Gasteiger partial charge is 0.366 e. The van der Waals surface area contributed by atoms with Crippen molar-refractivity contribution in [2.24, 2.45) is 0 Å². The quantitative estimate of drug-likeness (QED) is 0.0468. The predicted octanol–water partition coefficient (Wildman–Crippen LogP) is 14.6. The van der Waals surface area contributed by atoms with Crippen molar-refractivity contribution in [3.05, 3.63) is 295 Å². The molecule has 0 fully saturated rings. The average Bonchev–Trinajstić information content (AvgIpc) is 3.78. The summed E-state index contributed by atoms with van der Waals surface area (Å²) in [6, 6.07) is 76.2. The Morgan fingerprint density at radius 1 is 0.403 bits per heavy atom. The molecule has 0 aromatic heterocycles. The molecule has 2 aliphatic carbocycles. The Balaban J connectivity index is 0.000000176. The summed E-state index contributed by atoms with van der Waals surface area (Å²) in [5, 5.41) is 9.76. The zero-order valence-electron chi connectivity index (χ0n) is 40.9. The first kappa shape index (κ1) is 53.7. The summed E-state index contributed by atoms with van der Waals surface area (Å²) in [7, 11) is -2.43. The first-order valence-corrected chi connectivity index (χ1v) is 27.0. The Kier molecular flexibility index (Phi) is 18.0. The van der Waals surface area contributed by atoms with Crippen molar-refractivity contribution >= 4 is 53.1 Å².